The van der Waals surface area contributed by atoms with Crippen molar-refractivity contribution in [2.75, 3.05) is 0 Å². The Morgan fingerprint density at radius 2 is 2.00 bits per heavy atom. The molecule has 0 radical (unpaired) electrons. The van der Waals surface area contributed by atoms with E-state index in [0.29, 0.717) is 18.2 Å². The van der Waals surface area contributed by atoms with Crippen LogP contribution in [0, 0.1) is 19.8 Å². The first kappa shape index (κ1) is 16.1. The molecule has 0 spiro atoms. The first-order chi connectivity index (χ1) is 10.5. The molecule has 0 bridgehead atoms. The molecule has 1 atom stereocenters. The quantitative estimate of drug-likeness (QED) is 0.888. The van der Waals surface area contributed by atoms with Gasteiger partial charge in [-0.25, -0.2) is 4.79 Å². The van der Waals surface area contributed by atoms with Crippen molar-refractivity contribution in [2.24, 2.45) is 5.92 Å². The Kier molecular flexibility index (Phi) is 5.20. The molecule has 2 rings (SSSR count). The van der Waals surface area contributed by atoms with E-state index in [9.17, 15) is 4.79 Å². The molecule has 2 aromatic rings. The van der Waals surface area contributed by atoms with E-state index in [1.165, 1.54) is 5.56 Å². The van der Waals surface area contributed by atoms with Crippen molar-refractivity contribution in [1.29, 1.82) is 0 Å². The average Bonchev–Trinajstić information content (AvgIpc) is 2.89. The number of carbonyl (C=O) groups is 1. The third-order valence-corrected chi connectivity index (χ3v) is 3.58. The highest BCUT2D eigenvalue weighted by Crippen LogP contribution is 2.24. The summed E-state index contributed by atoms with van der Waals surface area (Å²) in [6.07, 6.45) is 0. The second-order valence-electron chi connectivity index (χ2n) is 5.83. The predicted molar refractivity (Wildman–Crippen MR) is 85.4 cm³/mol. The number of aromatic nitrogens is 1. The number of carbonyl (C=O) groups excluding carboxylic acids is 1. The van der Waals surface area contributed by atoms with Crippen LogP contribution >= 0.6 is 0 Å². The summed E-state index contributed by atoms with van der Waals surface area (Å²) in [5.41, 5.74) is 3.03. The molecule has 0 fully saturated rings. The summed E-state index contributed by atoms with van der Waals surface area (Å²) in [5, 5.41) is 9.71. The molecule has 0 aliphatic carbocycles. The summed E-state index contributed by atoms with van der Waals surface area (Å²) in [6, 6.07) is 9.69. The third-order valence-electron chi connectivity index (χ3n) is 3.58. The van der Waals surface area contributed by atoms with Gasteiger partial charge in [-0.05, 0) is 30.9 Å². The molecule has 5 heteroatoms. The van der Waals surface area contributed by atoms with Crippen LogP contribution in [0.5, 0.6) is 0 Å². The lowest BCUT2D eigenvalue weighted by atomic mass is 9.93. The fraction of sp³-hybridized carbons (Fsp3) is 0.412. The third kappa shape index (κ3) is 4.10. The van der Waals surface area contributed by atoms with Gasteiger partial charge in [0, 0.05) is 6.07 Å². The zero-order chi connectivity index (χ0) is 16.1. The van der Waals surface area contributed by atoms with E-state index >= 15 is 0 Å². The molecule has 1 aromatic heterocycles. The zero-order valence-electron chi connectivity index (χ0n) is 13.5. The van der Waals surface area contributed by atoms with Crippen molar-refractivity contribution in [3.05, 3.63) is 52.9 Å². The Morgan fingerprint density at radius 1 is 1.27 bits per heavy atom. The van der Waals surface area contributed by atoms with Crippen LogP contribution in [0.1, 0.15) is 42.5 Å². The van der Waals surface area contributed by atoms with Crippen molar-refractivity contribution < 1.29 is 9.32 Å². The SMILES string of the molecule is Cc1cc(CNC(=O)N[C@H](c2ccccc2C)C(C)C)no1. The Bertz CT molecular complexity index is 634. The minimum absolute atomic E-state index is 0.0276. The van der Waals surface area contributed by atoms with Gasteiger partial charge in [-0.3, -0.25) is 0 Å². The van der Waals surface area contributed by atoms with E-state index in [1.807, 2.05) is 25.1 Å². The summed E-state index contributed by atoms with van der Waals surface area (Å²) in [4.78, 5) is 12.1. The molecule has 0 aliphatic heterocycles. The highest BCUT2D eigenvalue weighted by molar-refractivity contribution is 5.74. The Morgan fingerprint density at radius 3 is 2.59 bits per heavy atom. The molecule has 0 saturated carbocycles. The first-order valence-electron chi connectivity index (χ1n) is 7.49. The summed E-state index contributed by atoms with van der Waals surface area (Å²) < 4.78 is 4.98. The smallest absolute Gasteiger partial charge is 0.315 e. The molecule has 22 heavy (non-hydrogen) atoms. The number of hydrogen-bond acceptors (Lipinski definition) is 3. The summed E-state index contributed by atoms with van der Waals surface area (Å²) >= 11 is 0. The van der Waals surface area contributed by atoms with Gasteiger partial charge in [0.2, 0.25) is 0 Å². The van der Waals surface area contributed by atoms with E-state index in [4.69, 9.17) is 4.52 Å². The lowest BCUT2D eigenvalue weighted by molar-refractivity contribution is 0.232. The van der Waals surface area contributed by atoms with Crippen LogP contribution in [0.15, 0.2) is 34.9 Å². The van der Waals surface area contributed by atoms with E-state index < -0.39 is 0 Å². The minimum atomic E-state index is -0.206. The molecular weight excluding hydrogens is 278 g/mol. The highest BCUT2D eigenvalue weighted by atomic mass is 16.5. The fourth-order valence-electron chi connectivity index (χ4n) is 2.40. The molecule has 1 heterocycles. The van der Waals surface area contributed by atoms with Crippen molar-refractivity contribution >= 4 is 6.03 Å². The van der Waals surface area contributed by atoms with Crippen LogP contribution in [0.25, 0.3) is 0 Å². The normalized spacial score (nSPS) is 12.2. The number of nitrogens with one attached hydrogen (secondary N) is 2. The molecule has 0 aliphatic rings. The molecule has 1 aromatic carbocycles. The van der Waals surface area contributed by atoms with E-state index in [0.717, 1.165) is 11.3 Å². The van der Waals surface area contributed by atoms with Crippen LogP contribution in [-0.2, 0) is 6.54 Å². The maximum atomic E-state index is 12.1. The summed E-state index contributed by atoms with van der Waals surface area (Å²) in [6.45, 7) is 8.42. The minimum Gasteiger partial charge on any atom is -0.361 e. The number of benzene rings is 1. The molecule has 2 amide bonds. The second kappa shape index (κ2) is 7.11. The second-order valence-corrected chi connectivity index (χ2v) is 5.83. The summed E-state index contributed by atoms with van der Waals surface area (Å²) in [5.74, 6) is 1.03. The van der Waals surface area contributed by atoms with Gasteiger partial charge in [0.1, 0.15) is 11.5 Å². The largest absolute Gasteiger partial charge is 0.361 e. The lowest BCUT2D eigenvalue weighted by Crippen LogP contribution is -2.39. The van der Waals surface area contributed by atoms with Crippen LogP contribution in [0.3, 0.4) is 0 Å². The van der Waals surface area contributed by atoms with Crippen molar-refractivity contribution in [3.8, 4) is 0 Å². The molecule has 5 nitrogen and oxygen atoms in total. The fourth-order valence-corrected chi connectivity index (χ4v) is 2.40. The molecule has 0 saturated heterocycles. The van der Waals surface area contributed by atoms with Gasteiger partial charge in [0.15, 0.2) is 0 Å². The highest BCUT2D eigenvalue weighted by Gasteiger charge is 2.19. The maximum Gasteiger partial charge on any atom is 0.315 e. The van der Waals surface area contributed by atoms with Gasteiger partial charge in [0.05, 0.1) is 12.6 Å². The van der Waals surface area contributed by atoms with E-state index in [2.05, 4.69) is 48.7 Å². The van der Waals surface area contributed by atoms with Crippen molar-refractivity contribution in [3.63, 3.8) is 0 Å². The molecular formula is C17H23N3O2. The number of hydrogen-bond donors (Lipinski definition) is 2. The monoisotopic (exact) mass is 301 g/mol. The van der Waals surface area contributed by atoms with Crippen molar-refractivity contribution in [2.45, 2.75) is 40.3 Å². The lowest BCUT2D eigenvalue weighted by Gasteiger charge is -2.24. The molecule has 118 valence electrons. The van der Waals surface area contributed by atoms with E-state index in [-0.39, 0.29) is 12.1 Å². The standard InChI is InChI=1S/C17H23N3O2/c1-11(2)16(15-8-6-5-7-12(15)3)19-17(21)18-10-14-9-13(4)22-20-14/h5-9,11,16H,10H2,1-4H3,(H2,18,19,21)/t16-/m0/s1. The van der Waals surface area contributed by atoms with Crippen LogP contribution in [0.2, 0.25) is 0 Å². The Hall–Kier alpha value is -2.30. The van der Waals surface area contributed by atoms with Gasteiger partial charge in [-0.1, -0.05) is 43.3 Å². The molecule has 0 unspecified atom stereocenters. The van der Waals surface area contributed by atoms with Gasteiger partial charge in [0.25, 0.3) is 0 Å². The van der Waals surface area contributed by atoms with Crippen molar-refractivity contribution in [1.82, 2.24) is 15.8 Å². The van der Waals surface area contributed by atoms with Crippen LogP contribution in [-0.4, -0.2) is 11.2 Å². The van der Waals surface area contributed by atoms with Gasteiger partial charge < -0.3 is 15.2 Å². The Labute approximate surface area is 131 Å². The van der Waals surface area contributed by atoms with Crippen LogP contribution in [0.4, 0.5) is 4.79 Å². The van der Waals surface area contributed by atoms with Crippen LogP contribution < -0.4 is 10.6 Å². The average molecular weight is 301 g/mol. The van der Waals surface area contributed by atoms with Gasteiger partial charge in [-0.15, -0.1) is 0 Å². The molecule has 2 N–H and O–H groups in total. The number of urea groups is 1. The zero-order valence-corrected chi connectivity index (χ0v) is 13.5. The Balaban J connectivity index is 1.99. The summed E-state index contributed by atoms with van der Waals surface area (Å²) in [7, 11) is 0. The predicted octanol–water partition coefficient (Wildman–Crippen LogP) is 3.49. The number of rotatable bonds is 5. The number of aryl methyl sites for hydroxylation is 2. The first-order valence-corrected chi connectivity index (χ1v) is 7.49. The topological polar surface area (TPSA) is 67.2 Å². The van der Waals surface area contributed by atoms with E-state index in [1.54, 1.807) is 0 Å². The van der Waals surface area contributed by atoms with Gasteiger partial charge >= 0.3 is 6.03 Å². The maximum absolute atomic E-state index is 12.1. The number of amides is 2. The van der Waals surface area contributed by atoms with Gasteiger partial charge in [-0.2, -0.15) is 0 Å². The number of nitrogens with zero attached hydrogens (tertiary/aromatic N) is 1.